The summed E-state index contributed by atoms with van der Waals surface area (Å²) in [4.78, 5) is 13.7. The highest BCUT2D eigenvalue weighted by molar-refractivity contribution is 8.01. The number of likely N-dealkylation sites (N-methyl/N-ethyl adjacent to an activating group) is 1. The third-order valence-electron chi connectivity index (χ3n) is 3.36. The summed E-state index contributed by atoms with van der Waals surface area (Å²) < 4.78 is 0.866. The lowest BCUT2D eigenvalue weighted by atomic mass is 9.95. The fraction of sp³-hybridized carbons (Fsp3) is 0.727. The average molecular weight is 301 g/mol. The molecular weight excluding hydrogens is 282 g/mol. The van der Waals surface area contributed by atoms with Gasteiger partial charge in [0.05, 0.1) is 0 Å². The van der Waals surface area contributed by atoms with Crippen LogP contribution in [0.25, 0.3) is 0 Å². The van der Waals surface area contributed by atoms with Crippen molar-refractivity contribution in [2.24, 2.45) is 11.7 Å². The van der Waals surface area contributed by atoms with Gasteiger partial charge in [-0.3, -0.25) is 4.79 Å². The number of hydrogen-bond acceptors (Lipinski definition) is 7. The Balaban J connectivity index is 2.04. The number of nitrogens with zero attached hydrogens (tertiary/aromatic N) is 3. The minimum Gasteiger partial charge on any atom is -0.368 e. The van der Waals surface area contributed by atoms with E-state index >= 15 is 0 Å². The molecule has 0 radical (unpaired) electrons. The summed E-state index contributed by atoms with van der Waals surface area (Å²) in [6, 6.07) is 0. The van der Waals surface area contributed by atoms with Crippen LogP contribution in [0.1, 0.15) is 12.8 Å². The third kappa shape index (κ3) is 3.01. The Morgan fingerprint density at radius 1 is 1.58 bits per heavy atom. The van der Waals surface area contributed by atoms with E-state index in [-0.39, 0.29) is 5.91 Å². The van der Waals surface area contributed by atoms with Crippen molar-refractivity contribution in [1.82, 2.24) is 15.5 Å². The van der Waals surface area contributed by atoms with Crippen LogP contribution in [0.2, 0.25) is 0 Å². The summed E-state index contributed by atoms with van der Waals surface area (Å²) in [5, 5.41) is 12.2. The molecule has 1 aliphatic rings. The number of hydrogen-bond donors (Lipinski definition) is 2. The van der Waals surface area contributed by atoms with E-state index in [0.717, 1.165) is 22.3 Å². The second kappa shape index (κ2) is 5.64. The standard InChI is InChI=1S/C11H19N5OS2/c1-13-11(8(12)17,7-4-5-7)6-18-10-15-14-9(19-10)16(2)3/h7,13H,4-6H2,1-3H3,(H2,12,17). The van der Waals surface area contributed by atoms with E-state index in [4.69, 9.17) is 5.73 Å². The molecule has 1 unspecified atom stereocenters. The van der Waals surface area contributed by atoms with Crippen molar-refractivity contribution in [3.63, 3.8) is 0 Å². The number of thioether (sulfide) groups is 1. The van der Waals surface area contributed by atoms with Crippen molar-refractivity contribution in [2.75, 3.05) is 31.8 Å². The summed E-state index contributed by atoms with van der Waals surface area (Å²) >= 11 is 3.06. The summed E-state index contributed by atoms with van der Waals surface area (Å²) in [6.07, 6.45) is 2.12. The van der Waals surface area contributed by atoms with Crippen molar-refractivity contribution in [1.29, 1.82) is 0 Å². The van der Waals surface area contributed by atoms with Crippen LogP contribution >= 0.6 is 23.1 Å². The van der Waals surface area contributed by atoms with Gasteiger partial charge in [-0.05, 0) is 25.8 Å². The smallest absolute Gasteiger partial charge is 0.238 e. The van der Waals surface area contributed by atoms with Crippen LogP contribution in [0, 0.1) is 5.92 Å². The predicted molar refractivity (Wildman–Crippen MR) is 78.7 cm³/mol. The SMILES string of the molecule is CNC(CSc1nnc(N(C)C)s1)(C(N)=O)C1CC1. The van der Waals surface area contributed by atoms with Crippen molar-refractivity contribution >= 4 is 34.1 Å². The largest absolute Gasteiger partial charge is 0.368 e. The molecule has 1 aliphatic carbocycles. The lowest BCUT2D eigenvalue weighted by molar-refractivity contribution is -0.124. The molecule has 0 bridgehead atoms. The molecule has 1 aromatic heterocycles. The van der Waals surface area contributed by atoms with Crippen molar-refractivity contribution in [2.45, 2.75) is 22.7 Å². The van der Waals surface area contributed by atoms with Gasteiger partial charge in [0.15, 0.2) is 4.34 Å². The molecule has 8 heteroatoms. The van der Waals surface area contributed by atoms with E-state index in [9.17, 15) is 4.79 Å². The molecule has 1 saturated carbocycles. The Morgan fingerprint density at radius 3 is 2.68 bits per heavy atom. The van der Waals surface area contributed by atoms with Crippen LogP contribution < -0.4 is 16.0 Å². The molecule has 1 fully saturated rings. The second-order valence-electron chi connectivity index (χ2n) is 4.89. The molecule has 2 rings (SSSR count). The van der Waals surface area contributed by atoms with Gasteiger partial charge in [0.1, 0.15) is 5.54 Å². The molecule has 1 amide bonds. The Morgan fingerprint density at radius 2 is 2.26 bits per heavy atom. The topological polar surface area (TPSA) is 84.1 Å². The molecule has 0 aromatic carbocycles. The fourth-order valence-corrected chi connectivity index (χ4v) is 4.09. The molecule has 106 valence electrons. The van der Waals surface area contributed by atoms with Crippen molar-refractivity contribution < 1.29 is 4.79 Å². The molecule has 6 nitrogen and oxygen atoms in total. The maximum Gasteiger partial charge on any atom is 0.238 e. The number of aromatic nitrogens is 2. The van der Waals surface area contributed by atoms with E-state index in [1.54, 1.807) is 18.8 Å². The van der Waals surface area contributed by atoms with Gasteiger partial charge in [-0.15, -0.1) is 10.2 Å². The number of carbonyl (C=O) groups excluding carboxylic acids is 1. The first-order valence-corrected chi connectivity index (χ1v) is 7.92. The molecule has 19 heavy (non-hydrogen) atoms. The molecular formula is C11H19N5OS2. The number of amides is 1. The summed E-state index contributed by atoms with van der Waals surface area (Å²) in [5.74, 6) is 0.678. The number of nitrogens with two attached hydrogens (primary N) is 1. The Kier molecular flexibility index (Phi) is 4.32. The zero-order valence-corrected chi connectivity index (χ0v) is 13.0. The lowest BCUT2D eigenvalue weighted by Crippen LogP contribution is -2.57. The van der Waals surface area contributed by atoms with Gasteiger partial charge in [-0.2, -0.15) is 0 Å². The summed E-state index contributed by atoms with van der Waals surface area (Å²) in [6.45, 7) is 0. The molecule has 1 aromatic rings. The Bertz CT molecular complexity index is 460. The van der Waals surface area contributed by atoms with Gasteiger partial charge in [0, 0.05) is 19.8 Å². The van der Waals surface area contributed by atoms with E-state index in [1.807, 2.05) is 19.0 Å². The van der Waals surface area contributed by atoms with Crippen LogP contribution in [0.3, 0.4) is 0 Å². The highest BCUT2D eigenvalue weighted by Crippen LogP contribution is 2.42. The first kappa shape index (κ1) is 14.5. The normalized spacial score (nSPS) is 18.1. The predicted octanol–water partition coefficient (Wildman–Crippen LogP) is 0.550. The highest BCUT2D eigenvalue weighted by atomic mass is 32.2. The van der Waals surface area contributed by atoms with Crippen LogP contribution in [-0.4, -0.2) is 48.5 Å². The third-order valence-corrected chi connectivity index (χ3v) is 5.78. The van der Waals surface area contributed by atoms with Gasteiger partial charge < -0.3 is 16.0 Å². The summed E-state index contributed by atoms with van der Waals surface area (Å²) in [5.41, 5.74) is 4.97. The molecule has 1 atom stereocenters. The maximum absolute atomic E-state index is 11.8. The minimum absolute atomic E-state index is 0.276. The molecule has 0 spiro atoms. The van der Waals surface area contributed by atoms with E-state index in [1.165, 1.54) is 11.3 Å². The lowest BCUT2D eigenvalue weighted by Gasteiger charge is -2.29. The van der Waals surface area contributed by atoms with Gasteiger partial charge in [-0.1, -0.05) is 23.1 Å². The number of carbonyl (C=O) groups is 1. The first-order valence-electron chi connectivity index (χ1n) is 6.12. The zero-order valence-electron chi connectivity index (χ0n) is 11.3. The van der Waals surface area contributed by atoms with Crippen molar-refractivity contribution in [3.05, 3.63) is 0 Å². The quantitative estimate of drug-likeness (QED) is 0.716. The van der Waals surface area contributed by atoms with Gasteiger partial charge in [0.2, 0.25) is 11.0 Å². The van der Waals surface area contributed by atoms with Crippen LogP contribution in [0.4, 0.5) is 5.13 Å². The van der Waals surface area contributed by atoms with Gasteiger partial charge >= 0.3 is 0 Å². The van der Waals surface area contributed by atoms with E-state index in [0.29, 0.717) is 11.7 Å². The Labute approximate surface area is 121 Å². The Hall–Kier alpha value is -0.860. The van der Waals surface area contributed by atoms with E-state index in [2.05, 4.69) is 15.5 Å². The van der Waals surface area contributed by atoms with Gasteiger partial charge in [0.25, 0.3) is 0 Å². The van der Waals surface area contributed by atoms with Crippen molar-refractivity contribution in [3.8, 4) is 0 Å². The van der Waals surface area contributed by atoms with Gasteiger partial charge in [-0.25, -0.2) is 0 Å². The van der Waals surface area contributed by atoms with Crippen LogP contribution in [-0.2, 0) is 4.79 Å². The molecule has 0 saturated heterocycles. The average Bonchev–Trinajstić information content (AvgIpc) is 3.08. The highest BCUT2D eigenvalue weighted by Gasteiger charge is 2.48. The first-order chi connectivity index (χ1) is 8.99. The second-order valence-corrected chi connectivity index (χ2v) is 7.07. The van der Waals surface area contributed by atoms with E-state index < -0.39 is 5.54 Å². The summed E-state index contributed by atoms with van der Waals surface area (Å²) in [7, 11) is 5.66. The van der Waals surface area contributed by atoms with Crippen LogP contribution in [0.15, 0.2) is 4.34 Å². The van der Waals surface area contributed by atoms with Crippen LogP contribution in [0.5, 0.6) is 0 Å². The number of primary amides is 1. The molecule has 1 heterocycles. The zero-order chi connectivity index (χ0) is 14.0. The number of anilines is 1. The fourth-order valence-electron chi connectivity index (χ4n) is 1.98. The maximum atomic E-state index is 11.8. The number of nitrogens with one attached hydrogen (secondary N) is 1. The number of rotatable bonds is 7. The minimum atomic E-state index is -0.616. The molecule has 0 aliphatic heterocycles. The molecule has 3 N–H and O–H groups in total. The monoisotopic (exact) mass is 301 g/mol.